The van der Waals surface area contributed by atoms with Gasteiger partial charge in [0.05, 0.1) is 17.7 Å². The average molecular weight is 380 g/mol. The van der Waals surface area contributed by atoms with Crippen molar-refractivity contribution in [1.82, 2.24) is 10.3 Å². The summed E-state index contributed by atoms with van der Waals surface area (Å²) in [5.74, 6) is 0.379. The lowest BCUT2D eigenvalue weighted by atomic mass is 10.1. The van der Waals surface area contributed by atoms with Gasteiger partial charge in [-0.3, -0.25) is 4.79 Å². The van der Waals surface area contributed by atoms with Crippen molar-refractivity contribution in [3.8, 4) is 11.6 Å². The molecule has 1 amide bonds. The molecule has 1 aliphatic rings. The number of carbonyl (C=O) groups is 1. The molecule has 1 atom stereocenters. The van der Waals surface area contributed by atoms with Crippen LogP contribution in [0.5, 0.6) is 11.6 Å². The number of ether oxygens (including phenoxy) is 1. The zero-order valence-corrected chi connectivity index (χ0v) is 14.6. The van der Waals surface area contributed by atoms with Crippen LogP contribution in [-0.4, -0.2) is 28.6 Å². The summed E-state index contributed by atoms with van der Waals surface area (Å²) < 4.78 is 43.6. The van der Waals surface area contributed by atoms with Gasteiger partial charge in [0, 0.05) is 17.8 Å². The number of alkyl halides is 3. The van der Waals surface area contributed by atoms with Gasteiger partial charge in [-0.15, -0.1) is 0 Å². The van der Waals surface area contributed by atoms with Gasteiger partial charge in [0.25, 0.3) is 5.91 Å². The number of nitrogens with zero attached hydrogens (tertiary/aromatic N) is 1. The van der Waals surface area contributed by atoms with Crippen molar-refractivity contribution in [1.29, 1.82) is 0 Å². The summed E-state index contributed by atoms with van der Waals surface area (Å²) in [6, 6.07) is 5.68. The van der Waals surface area contributed by atoms with Crippen LogP contribution in [0.15, 0.2) is 36.5 Å². The predicted octanol–water partition coefficient (Wildman–Crippen LogP) is 3.88. The summed E-state index contributed by atoms with van der Waals surface area (Å²) in [4.78, 5) is 16.4. The summed E-state index contributed by atoms with van der Waals surface area (Å²) in [6.45, 7) is 1.50. The molecular weight excluding hydrogens is 361 g/mol. The number of pyridine rings is 1. The molecule has 1 aromatic heterocycles. The van der Waals surface area contributed by atoms with Crippen molar-refractivity contribution >= 4 is 5.91 Å². The molecule has 2 N–H and O–H groups in total. The first kappa shape index (κ1) is 19.2. The number of halogens is 3. The molecule has 3 rings (SSSR count). The summed E-state index contributed by atoms with van der Waals surface area (Å²) in [5.41, 5.74) is 0.339. The molecule has 0 spiro atoms. The van der Waals surface area contributed by atoms with Crippen molar-refractivity contribution in [2.75, 3.05) is 6.61 Å². The molecule has 0 radical (unpaired) electrons. The van der Waals surface area contributed by atoms with E-state index in [1.165, 1.54) is 18.3 Å². The maximum Gasteiger partial charge on any atom is 0.416 e. The Morgan fingerprint density at radius 3 is 2.56 bits per heavy atom. The first-order valence-electron chi connectivity index (χ1n) is 8.54. The molecule has 8 heteroatoms. The number of hydrogen-bond donors (Lipinski definition) is 2. The molecule has 1 fully saturated rings. The highest BCUT2D eigenvalue weighted by molar-refractivity contribution is 5.94. The van der Waals surface area contributed by atoms with Gasteiger partial charge in [-0.2, -0.15) is 13.2 Å². The third-order valence-corrected chi connectivity index (χ3v) is 4.21. The predicted molar refractivity (Wildman–Crippen MR) is 91.7 cm³/mol. The molecular formula is C19H19F3N2O3. The maximum absolute atomic E-state index is 12.7. The summed E-state index contributed by atoms with van der Waals surface area (Å²) in [6.07, 6.45) is -1.19. The molecule has 2 aromatic rings. The standard InChI is InChI=1S/C19H19F3N2O3/c1-11(10-25)24-17(26)13-8-16(12-2-3-12)18(23-9-13)27-15-6-4-14(5-7-15)19(20,21)22/h4-9,11-12,25H,2-3,10H2,1H3,(H,24,26)/t11-/m1/s1. The van der Waals surface area contributed by atoms with E-state index in [2.05, 4.69) is 10.3 Å². The molecule has 1 heterocycles. The molecule has 0 aliphatic heterocycles. The lowest BCUT2D eigenvalue weighted by Crippen LogP contribution is -2.35. The number of benzene rings is 1. The van der Waals surface area contributed by atoms with Crippen LogP contribution in [-0.2, 0) is 6.18 Å². The van der Waals surface area contributed by atoms with Crippen molar-refractivity contribution < 1.29 is 27.8 Å². The van der Waals surface area contributed by atoms with E-state index in [4.69, 9.17) is 9.84 Å². The first-order chi connectivity index (χ1) is 12.8. The van der Waals surface area contributed by atoms with Gasteiger partial charge in [0.1, 0.15) is 5.75 Å². The van der Waals surface area contributed by atoms with E-state index in [0.29, 0.717) is 5.56 Å². The Morgan fingerprint density at radius 1 is 1.33 bits per heavy atom. The fraction of sp³-hybridized carbons (Fsp3) is 0.368. The molecule has 0 saturated heterocycles. The first-order valence-corrected chi connectivity index (χ1v) is 8.54. The van der Waals surface area contributed by atoms with Crippen molar-refractivity contribution in [3.05, 3.63) is 53.2 Å². The van der Waals surface area contributed by atoms with E-state index in [9.17, 15) is 18.0 Å². The summed E-state index contributed by atoms with van der Waals surface area (Å²) in [7, 11) is 0. The Morgan fingerprint density at radius 2 is 2.00 bits per heavy atom. The monoisotopic (exact) mass is 380 g/mol. The van der Waals surface area contributed by atoms with E-state index in [0.717, 1.165) is 30.5 Å². The molecule has 1 aromatic carbocycles. The Kier molecular flexibility index (Phi) is 5.36. The van der Waals surface area contributed by atoms with E-state index in [1.54, 1.807) is 13.0 Å². The highest BCUT2D eigenvalue weighted by atomic mass is 19.4. The highest BCUT2D eigenvalue weighted by Crippen LogP contribution is 2.44. The number of amides is 1. The van der Waals surface area contributed by atoms with E-state index < -0.39 is 11.7 Å². The Labute approximate surface area is 154 Å². The second kappa shape index (κ2) is 7.56. The van der Waals surface area contributed by atoms with Gasteiger partial charge in [0.2, 0.25) is 5.88 Å². The van der Waals surface area contributed by atoms with Gasteiger partial charge in [-0.25, -0.2) is 4.98 Å². The number of nitrogens with one attached hydrogen (secondary N) is 1. The molecule has 27 heavy (non-hydrogen) atoms. The lowest BCUT2D eigenvalue weighted by Gasteiger charge is -2.14. The van der Waals surface area contributed by atoms with Gasteiger partial charge >= 0.3 is 6.18 Å². The lowest BCUT2D eigenvalue weighted by molar-refractivity contribution is -0.137. The Hall–Kier alpha value is -2.61. The van der Waals surface area contributed by atoms with E-state index in [1.807, 2.05) is 0 Å². The maximum atomic E-state index is 12.7. The third-order valence-electron chi connectivity index (χ3n) is 4.21. The number of hydrogen-bond acceptors (Lipinski definition) is 4. The number of aliphatic hydroxyl groups excluding tert-OH is 1. The summed E-state index contributed by atoms with van der Waals surface area (Å²) >= 11 is 0. The van der Waals surface area contributed by atoms with Crippen LogP contribution in [0.25, 0.3) is 0 Å². The zero-order chi connectivity index (χ0) is 19.6. The Bertz CT molecular complexity index is 818. The van der Waals surface area contributed by atoms with Crippen LogP contribution in [0.4, 0.5) is 13.2 Å². The van der Waals surface area contributed by atoms with Gasteiger partial charge in [-0.05, 0) is 56.0 Å². The second-order valence-corrected chi connectivity index (χ2v) is 6.57. The SMILES string of the molecule is C[C@H](CO)NC(=O)c1cnc(Oc2ccc(C(F)(F)F)cc2)c(C2CC2)c1. The molecule has 0 unspecified atom stereocenters. The van der Waals surface area contributed by atoms with Crippen LogP contribution in [0.3, 0.4) is 0 Å². The fourth-order valence-corrected chi connectivity index (χ4v) is 2.54. The van der Waals surface area contributed by atoms with Crippen molar-refractivity contribution in [2.45, 2.75) is 37.9 Å². The van der Waals surface area contributed by atoms with Crippen LogP contribution >= 0.6 is 0 Å². The normalized spacial score (nSPS) is 15.3. The van der Waals surface area contributed by atoms with Gasteiger partial charge < -0.3 is 15.2 Å². The van der Waals surface area contributed by atoms with Crippen LogP contribution in [0.1, 0.15) is 47.2 Å². The van der Waals surface area contributed by atoms with E-state index >= 15 is 0 Å². The minimum atomic E-state index is -4.41. The molecule has 1 saturated carbocycles. The highest BCUT2D eigenvalue weighted by Gasteiger charge is 2.31. The van der Waals surface area contributed by atoms with Crippen LogP contribution < -0.4 is 10.1 Å². The van der Waals surface area contributed by atoms with Crippen molar-refractivity contribution in [2.24, 2.45) is 0 Å². The van der Waals surface area contributed by atoms with Crippen molar-refractivity contribution in [3.63, 3.8) is 0 Å². The third kappa shape index (κ3) is 4.77. The minimum Gasteiger partial charge on any atom is -0.439 e. The van der Waals surface area contributed by atoms with E-state index in [-0.39, 0.29) is 36.1 Å². The van der Waals surface area contributed by atoms with Gasteiger partial charge in [0.15, 0.2) is 0 Å². The fourth-order valence-electron chi connectivity index (χ4n) is 2.54. The minimum absolute atomic E-state index is 0.177. The van der Waals surface area contributed by atoms with Crippen LogP contribution in [0, 0.1) is 0 Å². The molecule has 0 bridgehead atoms. The summed E-state index contributed by atoms with van der Waals surface area (Å²) in [5, 5.41) is 11.7. The number of aliphatic hydroxyl groups is 1. The largest absolute Gasteiger partial charge is 0.439 e. The zero-order valence-electron chi connectivity index (χ0n) is 14.6. The number of aromatic nitrogens is 1. The molecule has 1 aliphatic carbocycles. The number of carbonyl (C=O) groups excluding carboxylic acids is 1. The molecule has 5 nitrogen and oxygen atoms in total. The second-order valence-electron chi connectivity index (χ2n) is 6.57. The van der Waals surface area contributed by atoms with Crippen LogP contribution in [0.2, 0.25) is 0 Å². The Balaban J connectivity index is 1.80. The smallest absolute Gasteiger partial charge is 0.416 e. The molecule has 144 valence electrons. The average Bonchev–Trinajstić information content (AvgIpc) is 3.46. The quantitative estimate of drug-likeness (QED) is 0.798. The number of rotatable bonds is 6. The van der Waals surface area contributed by atoms with Gasteiger partial charge in [-0.1, -0.05) is 0 Å². The topological polar surface area (TPSA) is 71.5 Å².